The van der Waals surface area contributed by atoms with Gasteiger partial charge >= 0.3 is 0 Å². The normalized spacial score (nSPS) is 12.5. The average molecular weight is 365 g/mol. The molecule has 0 saturated carbocycles. The van der Waals surface area contributed by atoms with Crippen LogP contribution in [0.2, 0.25) is 0 Å². The first-order valence-corrected chi connectivity index (χ1v) is 7.22. The van der Waals surface area contributed by atoms with Crippen LogP contribution in [0.5, 0.6) is 5.75 Å². The zero-order valence-corrected chi connectivity index (χ0v) is 12.9. The van der Waals surface area contributed by atoms with Crippen LogP contribution in [0.3, 0.4) is 0 Å². The van der Waals surface area contributed by atoms with Gasteiger partial charge in [0.2, 0.25) is 0 Å². The topological polar surface area (TPSA) is 49.3 Å². The summed E-state index contributed by atoms with van der Waals surface area (Å²) in [6.07, 6.45) is 0. The zero-order chi connectivity index (χ0) is 13.0. The van der Waals surface area contributed by atoms with Crippen LogP contribution in [-0.4, -0.2) is 22.4 Å². The molecule has 0 aliphatic carbocycles. The van der Waals surface area contributed by atoms with E-state index >= 15 is 0 Å². The first-order valence-electron chi connectivity index (χ1n) is 5.31. The summed E-state index contributed by atoms with van der Waals surface area (Å²) in [5.74, 6) is 0.0531. The van der Waals surface area contributed by atoms with Gasteiger partial charge in [-0.05, 0) is 24.1 Å². The van der Waals surface area contributed by atoms with Crippen LogP contribution < -0.4 is 5.32 Å². The third-order valence-corrected chi connectivity index (χ3v) is 3.68. The molecule has 0 saturated heterocycles. The molecule has 0 aromatic heterocycles. The molecule has 0 fully saturated rings. The predicted octanol–water partition coefficient (Wildman–Crippen LogP) is 3.30. The van der Waals surface area contributed by atoms with Crippen molar-refractivity contribution in [3.8, 4) is 5.75 Å². The first-order chi connectivity index (χ1) is 7.95. The molecule has 1 atom stereocenters. The van der Waals surface area contributed by atoms with E-state index in [-0.39, 0.29) is 23.3 Å². The standard InChI is InChI=1S/C12H15Br2NO2/c1-7(2)10(6-13)15-12(17)9-5-8(14)3-4-11(9)16/h3-5,7,10,16H,6H2,1-2H3,(H,15,17). The summed E-state index contributed by atoms with van der Waals surface area (Å²) in [6.45, 7) is 4.07. The van der Waals surface area contributed by atoms with Crippen molar-refractivity contribution in [1.29, 1.82) is 0 Å². The van der Waals surface area contributed by atoms with Gasteiger partial charge < -0.3 is 10.4 Å². The minimum absolute atomic E-state index is 0.0113. The Morgan fingerprint density at radius 1 is 1.47 bits per heavy atom. The summed E-state index contributed by atoms with van der Waals surface area (Å²) in [4.78, 5) is 12.0. The van der Waals surface area contributed by atoms with Gasteiger partial charge in [0.05, 0.1) is 5.56 Å². The maximum atomic E-state index is 12.0. The van der Waals surface area contributed by atoms with E-state index < -0.39 is 0 Å². The van der Waals surface area contributed by atoms with E-state index in [0.717, 1.165) is 4.47 Å². The van der Waals surface area contributed by atoms with Crippen molar-refractivity contribution in [2.75, 3.05) is 5.33 Å². The van der Waals surface area contributed by atoms with E-state index in [1.165, 1.54) is 6.07 Å². The van der Waals surface area contributed by atoms with Gasteiger partial charge in [-0.25, -0.2) is 0 Å². The minimum atomic E-state index is -0.262. The molecule has 0 radical (unpaired) electrons. The van der Waals surface area contributed by atoms with Crippen molar-refractivity contribution in [3.05, 3.63) is 28.2 Å². The van der Waals surface area contributed by atoms with Crippen LogP contribution in [0.1, 0.15) is 24.2 Å². The Kier molecular flexibility index (Phi) is 5.46. The Hall–Kier alpha value is -0.550. The van der Waals surface area contributed by atoms with E-state index in [2.05, 4.69) is 37.2 Å². The number of carbonyl (C=O) groups is 1. The van der Waals surface area contributed by atoms with Crippen molar-refractivity contribution < 1.29 is 9.90 Å². The Labute approximate surface area is 118 Å². The number of aromatic hydroxyl groups is 1. The van der Waals surface area contributed by atoms with Gasteiger partial charge in [-0.3, -0.25) is 4.79 Å². The quantitative estimate of drug-likeness (QED) is 0.805. The number of hydrogen-bond acceptors (Lipinski definition) is 2. The molecule has 1 unspecified atom stereocenters. The first kappa shape index (κ1) is 14.5. The van der Waals surface area contributed by atoms with E-state index in [9.17, 15) is 9.90 Å². The van der Waals surface area contributed by atoms with Gasteiger partial charge in [0.15, 0.2) is 0 Å². The van der Waals surface area contributed by atoms with E-state index in [1.54, 1.807) is 12.1 Å². The number of nitrogens with one attached hydrogen (secondary N) is 1. The lowest BCUT2D eigenvalue weighted by atomic mass is 10.1. The van der Waals surface area contributed by atoms with Gasteiger partial charge in [-0.1, -0.05) is 45.7 Å². The molecule has 2 N–H and O–H groups in total. The third-order valence-electron chi connectivity index (χ3n) is 2.49. The maximum absolute atomic E-state index is 12.0. The molecule has 1 rings (SSSR count). The summed E-state index contributed by atoms with van der Waals surface area (Å²) in [5.41, 5.74) is 0.283. The molecule has 1 aromatic rings. The summed E-state index contributed by atoms with van der Waals surface area (Å²) in [5, 5.41) is 13.2. The number of benzene rings is 1. The molecule has 94 valence electrons. The van der Waals surface area contributed by atoms with Crippen LogP contribution in [0, 0.1) is 5.92 Å². The molecule has 0 aliphatic heterocycles. The van der Waals surface area contributed by atoms with Crippen molar-refractivity contribution in [1.82, 2.24) is 5.32 Å². The highest BCUT2D eigenvalue weighted by Gasteiger charge is 2.18. The van der Waals surface area contributed by atoms with Gasteiger partial charge in [-0.2, -0.15) is 0 Å². The number of rotatable bonds is 4. The maximum Gasteiger partial charge on any atom is 0.255 e. The molecule has 0 heterocycles. The Balaban J connectivity index is 2.86. The number of phenols is 1. The van der Waals surface area contributed by atoms with Crippen LogP contribution >= 0.6 is 31.9 Å². The SMILES string of the molecule is CC(C)C(CBr)NC(=O)c1cc(Br)ccc1O. The molecule has 1 aromatic carbocycles. The Bertz CT molecular complexity index is 407. The van der Waals surface area contributed by atoms with Gasteiger partial charge in [0, 0.05) is 15.8 Å². The van der Waals surface area contributed by atoms with E-state index in [4.69, 9.17) is 0 Å². The number of halogens is 2. The van der Waals surface area contributed by atoms with Gasteiger partial charge in [0.1, 0.15) is 5.75 Å². The number of alkyl halides is 1. The largest absolute Gasteiger partial charge is 0.507 e. The van der Waals surface area contributed by atoms with E-state index in [0.29, 0.717) is 11.2 Å². The third kappa shape index (κ3) is 4.00. The second kappa shape index (κ2) is 6.40. The zero-order valence-electron chi connectivity index (χ0n) is 9.71. The lowest BCUT2D eigenvalue weighted by Crippen LogP contribution is -2.39. The molecular formula is C12H15Br2NO2. The highest BCUT2D eigenvalue weighted by atomic mass is 79.9. The van der Waals surface area contributed by atoms with E-state index in [1.807, 2.05) is 13.8 Å². The second-order valence-electron chi connectivity index (χ2n) is 4.14. The molecule has 0 aliphatic rings. The van der Waals surface area contributed by atoms with Crippen LogP contribution in [-0.2, 0) is 0 Å². The number of carbonyl (C=O) groups excluding carboxylic acids is 1. The number of amides is 1. The molecule has 5 heteroatoms. The van der Waals surface area contributed by atoms with Gasteiger partial charge in [-0.15, -0.1) is 0 Å². The fourth-order valence-electron chi connectivity index (χ4n) is 1.32. The molecule has 3 nitrogen and oxygen atoms in total. The van der Waals surface area contributed by atoms with Crippen molar-refractivity contribution in [2.24, 2.45) is 5.92 Å². The average Bonchev–Trinajstić information content (AvgIpc) is 2.28. The lowest BCUT2D eigenvalue weighted by molar-refractivity contribution is 0.0929. The lowest BCUT2D eigenvalue weighted by Gasteiger charge is -2.20. The minimum Gasteiger partial charge on any atom is -0.507 e. The van der Waals surface area contributed by atoms with Crippen LogP contribution in [0.4, 0.5) is 0 Å². The fourth-order valence-corrected chi connectivity index (χ4v) is 2.59. The van der Waals surface area contributed by atoms with Crippen molar-refractivity contribution >= 4 is 37.8 Å². The summed E-state index contributed by atoms with van der Waals surface area (Å²) in [6, 6.07) is 4.84. The summed E-state index contributed by atoms with van der Waals surface area (Å²) in [7, 11) is 0. The Morgan fingerprint density at radius 3 is 2.65 bits per heavy atom. The number of phenolic OH excluding ortho intramolecular Hbond substituents is 1. The number of hydrogen-bond donors (Lipinski definition) is 2. The molecule has 17 heavy (non-hydrogen) atoms. The molecular weight excluding hydrogens is 350 g/mol. The van der Waals surface area contributed by atoms with Crippen molar-refractivity contribution in [3.63, 3.8) is 0 Å². The molecule has 0 spiro atoms. The Morgan fingerprint density at radius 2 is 2.12 bits per heavy atom. The monoisotopic (exact) mass is 363 g/mol. The highest BCUT2D eigenvalue weighted by Crippen LogP contribution is 2.22. The smallest absolute Gasteiger partial charge is 0.255 e. The predicted molar refractivity (Wildman–Crippen MR) is 75.7 cm³/mol. The van der Waals surface area contributed by atoms with Crippen molar-refractivity contribution in [2.45, 2.75) is 19.9 Å². The van der Waals surface area contributed by atoms with Crippen LogP contribution in [0.15, 0.2) is 22.7 Å². The van der Waals surface area contributed by atoms with Crippen LogP contribution in [0.25, 0.3) is 0 Å². The second-order valence-corrected chi connectivity index (χ2v) is 5.70. The summed E-state index contributed by atoms with van der Waals surface area (Å²) < 4.78 is 0.764. The fraction of sp³-hybridized carbons (Fsp3) is 0.417. The summed E-state index contributed by atoms with van der Waals surface area (Å²) >= 11 is 6.64. The molecule has 0 bridgehead atoms. The molecule has 1 amide bonds. The van der Waals surface area contributed by atoms with Gasteiger partial charge in [0.25, 0.3) is 5.91 Å². The highest BCUT2D eigenvalue weighted by molar-refractivity contribution is 9.10.